The zero-order valence-electron chi connectivity index (χ0n) is 10.6. The maximum absolute atomic E-state index is 6.04. The Morgan fingerprint density at radius 2 is 2.12 bits per heavy atom. The number of nitrogens with one attached hydrogen (secondary N) is 1. The van der Waals surface area contributed by atoms with Gasteiger partial charge in [0.15, 0.2) is 0 Å². The third kappa shape index (κ3) is 4.30. The molecule has 0 unspecified atom stereocenters. The largest absolute Gasteiger partial charge is 0.324 e. The van der Waals surface area contributed by atoms with Crippen LogP contribution in [0.4, 0.5) is 0 Å². The summed E-state index contributed by atoms with van der Waals surface area (Å²) in [7, 11) is 0. The number of rotatable bonds is 3. The standard InChI is InChI=1S/C12H22N4.ClH/c1-12(2,13)9-16-5-3-10(4-6-16)11-7-14-15-8-11;/h7-8,10H,3-6,9,13H2,1-2H3,(H,14,15);1H. The fraction of sp³-hybridized carbons (Fsp3) is 0.750. The van der Waals surface area contributed by atoms with Crippen molar-refractivity contribution in [2.75, 3.05) is 19.6 Å². The number of hydrogen-bond donors (Lipinski definition) is 2. The van der Waals surface area contributed by atoms with E-state index in [1.807, 2.05) is 12.4 Å². The second-order valence-corrected chi connectivity index (χ2v) is 5.57. The van der Waals surface area contributed by atoms with Gasteiger partial charge in [-0.2, -0.15) is 5.10 Å². The molecular formula is C12H23ClN4. The summed E-state index contributed by atoms with van der Waals surface area (Å²) in [5.74, 6) is 0.677. The van der Waals surface area contributed by atoms with E-state index < -0.39 is 0 Å². The first-order valence-electron chi connectivity index (χ1n) is 6.04. The molecule has 1 aromatic rings. The van der Waals surface area contributed by atoms with Crippen molar-refractivity contribution in [3.8, 4) is 0 Å². The lowest BCUT2D eigenvalue weighted by molar-refractivity contribution is 0.179. The molecule has 0 radical (unpaired) electrons. The fourth-order valence-electron chi connectivity index (χ4n) is 2.48. The van der Waals surface area contributed by atoms with Gasteiger partial charge in [-0.15, -0.1) is 12.4 Å². The van der Waals surface area contributed by atoms with Crippen molar-refractivity contribution in [2.24, 2.45) is 5.73 Å². The average molecular weight is 259 g/mol. The molecule has 17 heavy (non-hydrogen) atoms. The van der Waals surface area contributed by atoms with E-state index in [-0.39, 0.29) is 17.9 Å². The highest BCUT2D eigenvalue weighted by molar-refractivity contribution is 5.85. The van der Waals surface area contributed by atoms with Gasteiger partial charge in [0.1, 0.15) is 0 Å². The molecule has 0 aliphatic carbocycles. The summed E-state index contributed by atoms with van der Waals surface area (Å²) in [5, 5.41) is 6.91. The molecule has 2 heterocycles. The molecule has 1 aliphatic heterocycles. The maximum atomic E-state index is 6.04. The van der Waals surface area contributed by atoms with Crippen LogP contribution in [0.1, 0.15) is 38.2 Å². The van der Waals surface area contributed by atoms with Gasteiger partial charge in [0.05, 0.1) is 6.20 Å². The van der Waals surface area contributed by atoms with Gasteiger partial charge in [0.2, 0.25) is 0 Å². The van der Waals surface area contributed by atoms with Crippen LogP contribution in [0.3, 0.4) is 0 Å². The summed E-state index contributed by atoms with van der Waals surface area (Å²) in [5.41, 5.74) is 7.31. The number of likely N-dealkylation sites (tertiary alicyclic amines) is 1. The van der Waals surface area contributed by atoms with Gasteiger partial charge in [0.25, 0.3) is 0 Å². The van der Waals surface area contributed by atoms with E-state index in [2.05, 4.69) is 28.9 Å². The molecule has 0 amide bonds. The van der Waals surface area contributed by atoms with Crippen LogP contribution in [0.25, 0.3) is 0 Å². The highest BCUT2D eigenvalue weighted by atomic mass is 35.5. The normalized spacial score (nSPS) is 19.0. The Balaban J connectivity index is 0.00000144. The molecule has 0 bridgehead atoms. The number of hydrogen-bond acceptors (Lipinski definition) is 3. The predicted octanol–water partition coefficient (Wildman–Crippen LogP) is 1.75. The number of halogens is 1. The van der Waals surface area contributed by atoms with Crippen LogP contribution in [-0.2, 0) is 0 Å². The first-order chi connectivity index (χ1) is 7.54. The van der Waals surface area contributed by atoms with Crippen LogP contribution >= 0.6 is 12.4 Å². The second kappa shape index (κ2) is 5.85. The summed E-state index contributed by atoms with van der Waals surface area (Å²) in [6, 6.07) is 0. The van der Waals surface area contributed by atoms with E-state index in [0.717, 1.165) is 19.6 Å². The number of aromatic nitrogens is 2. The smallest absolute Gasteiger partial charge is 0.0522 e. The van der Waals surface area contributed by atoms with Crippen LogP contribution in [0.5, 0.6) is 0 Å². The number of nitrogens with zero attached hydrogens (tertiary/aromatic N) is 2. The van der Waals surface area contributed by atoms with Crippen molar-refractivity contribution in [1.82, 2.24) is 15.1 Å². The summed E-state index contributed by atoms with van der Waals surface area (Å²) >= 11 is 0. The number of aromatic amines is 1. The minimum absolute atomic E-state index is 0. The molecule has 1 fully saturated rings. The van der Waals surface area contributed by atoms with Crippen LogP contribution in [0.2, 0.25) is 0 Å². The van der Waals surface area contributed by atoms with Crippen molar-refractivity contribution in [3.05, 3.63) is 18.0 Å². The Hall–Kier alpha value is -0.580. The third-order valence-corrected chi connectivity index (χ3v) is 3.21. The highest BCUT2D eigenvalue weighted by Crippen LogP contribution is 2.27. The van der Waals surface area contributed by atoms with Gasteiger partial charge in [-0.05, 0) is 51.3 Å². The minimum atomic E-state index is -0.0809. The summed E-state index contributed by atoms with van der Waals surface area (Å²) < 4.78 is 0. The van der Waals surface area contributed by atoms with Crippen LogP contribution in [0.15, 0.2) is 12.4 Å². The summed E-state index contributed by atoms with van der Waals surface area (Å²) in [4.78, 5) is 2.47. The molecule has 4 nitrogen and oxygen atoms in total. The average Bonchev–Trinajstić information content (AvgIpc) is 2.69. The van der Waals surface area contributed by atoms with Crippen LogP contribution < -0.4 is 5.73 Å². The molecule has 0 atom stereocenters. The Labute approximate surface area is 109 Å². The first kappa shape index (κ1) is 14.5. The van der Waals surface area contributed by atoms with E-state index >= 15 is 0 Å². The Morgan fingerprint density at radius 3 is 2.59 bits per heavy atom. The van der Waals surface area contributed by atoms with Gasteiger partial charge < -0.3 is 10.6 Å². The van der Waals surface area contributed by atoms with E-state index in [4.69, 9.17) is 5.73 Å². The van der Waals surface area contributed by atoms with Gasteiger partial charge >= 0.3 is 0 Å². The molecule has 0 saturated carbocycles. The first-order valence-corrected chi connectivity index (χ1v) is 6.04. The third-order valence-electron chi connectivity index (χ3n) is 3.21. The summed E-state index contributed by atoms with van der Waals surface area (Å²) in [6.45, 7) is 7.47. The van der Waals surface area contributed by atoms with Crippen molar-refractivity contribution in [3.63, 3.8) is 0 Å². The number of nitrogens with two attached hydrogens (primary N) is 1. The van der Waals surface area contributed by atoms with Crippen molar-refractivity contribution >= 4 is 12.4 Å². The lowest BCUT2D eigenvalue weighted by Gasteiger charge is -2.35. The Kier molecular flexibility index (Phi) is 4.98. The topological polar surface area (TPSA) is 57.9 Å². The monoisotopic (exact) mass is 258 g/mol. The maximum Gasteiger partial charge on any atom is 0.0522 e. The Bertz CT molecular complexity index is 310. The SMILES string of the molecule is CC(C)(N)CN1CCC(c2cn[nH]c2)CC1.Cl. The van der Waals surface area contributed by atoms with E-state index in [9.17, 15) is 0 Å². The fourth-order valence-corrected chi connectivity index (χ4v) is 2.48. The van der Waals surface area contributed by atoms with E-state index in [1.165, 1.54) is 18.4 Å². The van der Waals surface area contributed by atoms with Gasteiger partial charge in [-0.3, -0.25) is 5.10 Å². The van der Waals surface area contributed by atoms with Crippen LogP contribution in [0, 0.1) is 0 Å². The van der Waals surface area contributed by atoms with Gasteiger partial charge in [0, 0.05) is 18.3 Å². The molecule has 0 spiro atoms. The number of H-pyrrole nitrogens is 1. The second-order valence-electron chi connectivity index (χ2n) is 5.57. The minimum Gasteiger partial charge on any atom is -0.324 e. The molecule has 98 valence electrons. The Morgan fingerprint density at radius 1 is 1.47 bits per heavy atom. The van der Waals surface area contributed by atoms with Crippen molar-refractivity contribution < 1.29 is 0 Å². The molecule has 1 aliphatic rings. The highest BCUT2D eigenvalue weighted by Gasteiger charge is 2.24. The quantitative estimate of drug-likeness (QED) is 0.869. The summed E-state index contributed by atoms with van der Waals surface area (Å²) in [6.07, 6.45) is 6.41. The lowest BCUT2D eigenvalue weighted by Crippen LogP contribution is -2.47. The van der Waals surface area contributed by atoms with Gasteiger partial charge in [-0.25, -0.2) is 0 Å². The lowest BCUT2D eigenvalue weighted by atomic mass is 9.91. The van der Waals surface area contributed by atoms with Gasteiger partial charge in [-0.1, -0.05) is 0 Å². The molecule has 1 aromatic heterocycles. The van der Waals surface area contributed by atoms with Crippen molar-refractivity contribution in [2.45, 2.75) is 38.1 Å². The molecule has 0 aromatic carbocycles. The molecule has 3 N–H and O–H groups in total. The van der Waals surface area contributed by atoms with Crippen LogP contribution in [-0.4, -0.2) is 40.3 Å². The zero-order chi connectivity index (χ0) is 11.6. The molecule has 1 saturated heterocycles. The number of piperidine rings is 1. The predicted molar refractivity (Wildman–Crippen MR) is 72.5 cm³/mol. The molecule has 2 rings (SSSR count). The zero-order valence-corrected chi connectivity index (χ0v) is 11.5. The van der Waals surface area contributed by atoms with Crippen molar-refractivity contribution in [1.29, 1.82) is 0 Å². The molecular weight excluding hydrogens is 236 g/mol. The van der Waals surface area contributed by atoms with E-state index in [0.29, 0.717) is 5.92 Å². The van der Waals surface area contributed by atoms with E-state index in [1.54, 1.807) is 0 Å². The molecule has 5 heteroatoms.